The Morgan fingerprint density at radius 2 is 2.05 bits per heavy atom. The lowest BCUT2D eigenvalue weighted by molar-refractivity contribution is 0.171. The fourth-order valence-electron chi connectivity index (χ4n) is 1.63. The highest BCUT2D eigenvalue weighted by molar-refractivity contribution is 5.42. The number of aliphatic hydroxyl groups is 1. The molecule has 0 saturated carbocycles. The third-order valence-corrected chi connectivity index (χ3v) is 2.88. The number of aliphatic hydroxyl groups excluding tert-OH is 1. The van der Waals surface area contributed by atoms with Gasteiger partial charge < -0.3 is 24.6 Å². The molecule has 0 heterocycles. The lowest BCUT2D eigenvalue weighted by atomic mass is 10.2. The molecule has 5 nitrogen and oxygen atoms in total. The predicted octanol–water partition coefficient (Wildman–Crippen LogP) is 1.44. The van der Waals surface area contributed by atoms with Crippen LogP contribution in [0.1, 0.15) is 12.5 Å². The number of methoxy groups -OCH3 is 2. The van der Waals surface area contributed by atoms with Crippen LogP contribution in [-0.4, -0.2) is 45.7 Å². The Morgan fingerprint density at radius 1 is 1.25 bits per heavy atom. The Kier molecular flexibility index (Phi) is 8.02. The summed E-state index contributed by atoms with van der Waals surface area (Å²) in [5, 5.41) is 12.3. The van der Waals surface area contributed by atoms with E-state index in [0.717, 1.165) is 18.7 Å². The van der Waals surface area contributed by atoms with Gasteiger partial charge in [0.2, 0.25) is 0 Å². The van der Waals surface area contributed by atoms with Crippen LogP contribution in [-0.2, 0) is 11.3 Å². The second-order valence-electron chi connectivity index (χ2n) is 4.75. The summed E-state index contributed by atoms with van der Waals surface area (Å²) in [4.78, 5) is 0. The molecule has 2 N–H and O–H groups in total. The summed E-state index contributed by atoms with van der Waals surface area (Å²) in [7, 11) is 3.31. The van der Waals surface area contributed by atoms with Crippen LogP contribution in [0.3, 0.4) is 0 Å². The van der Waals surface area contributed by atoms with Crippen molar-refractivity contribution in [3.8, 4) is 11.5 Å². The first-order valence-electron chi connectivity index (χ1n) is 6.81. The van der Waals surface area contributed by atoms with Crippen LogP contribution in [0.15, 0.2) is 18.2 Å². The van der Waals surface area contributed by atoms with Crippen molar-refractivity contribution >= 4 is 0 Å². The first kappa shape index (κ1) is 16.8. The predicted molar refractivity (Wildman–Crippen MR) is 78.3 cm³/mol. The summed E-state index contributed by atoms with van der Waals surface area (Å²) >= 11 is 0. The smallest absolute Gasteiger partial charge is 0.161 e. The number of rotatable bonds is 10. The Morgan fingerprint density at radius 3 is 2.70 bits per heavy atom. The number of benzene rings is 1. The fraction of sp³-hybridized carbons (Fsp3) is 0.600. The van der Waals surface area contributed by atoms with Crippen molar-refractivity contribution in [3.05, 3.63) is 23.8 Å². The average molecular weight is 283 g/mol. The van der Waals surface area contributed by atoms with E-state index in [2.05, 4.69) is 5.32 Å². The Hall–Kier alpha value is -1.30. The van der Waals surface area contributed by atoms with E-state index in [-0.39, 0.29) is 12.5 Å². The van der Waals surface area contributed by atoms with E-state index in [1.807, 2.05) is 25.1 Å². The van der Waals surface area contributed by atoms with Crippen molar-refractivity contribution in [1.29, 1.82) is 0 Å². The van der Waals surface area contributed by atoms with Gasteiger partial charge in [-0.05, 0) is 17.7 Å². The highest BCUT2D eigenvalue weighted by atomic mass is 16.5. The third kappa shape index (κ3) is 5.77. The second kappa shape index (κ2) is 9.58. The molecule has 0 spiro atoms. The van der Waals surface area contributed by atoms with Crippen molar-refractivity contribution < 1.29 is 19.3 Å². The fourth-order valence-corrected chi connectivity index (χ4v) is 1.63. The van der Waals surface area contributed by atoms with Crippen LogP contribution < -0.4 is 14.8 Å². The summed E-state index contributed by atoms with van der Waals surface area (Å²) in [5.74, 6) is 1.52. The molecule has 0 saturated heterocycles. The molecule has 114 valence electrons. The zero-order valence-electron chi connectivity index (χ0n) is 12.5. The van der Waals surface area contributed by atoms with Crippen molar-refractivity contribution in [1.82, 2.24) is 5.32 Å². The van der Waals surface area contributed by atoms with Gasteiger partial charge in [0, 0.05) is 32.7 Å². The summed E-state index contributed by atoms with van der Waals surface area (Å²) in [6, 6.07) is 5.86. The average Bonchev–Trinajstić information content (AvgIpc) is 2.49. The van der Waals surface area contributed by atoms with E-state index >= 15 is 0 Å². The molecule has 5 heteroatoms. The number of hydrogen-bond donors (Lipinski definition) is 2. The van der Waals surface area contributed by atoms with Gasteiger partial charge in [0.1, 0.15) is 0 Å². The van der Waals surface area contributed by atoms with Crippen molar-refractivity contribution in [2.75, 3.05) is 40.6 Å². The molecule has 0 amide bonds. The first-order valence-corrected chi connectivity index (χ1v) is 6.81. The van der Waals surface area contributed by atoms with Gasteiger partial charge in [-0.25, -0.2) is 0 Å². The van der Waals surface area contributed by atoms with Crippen molar-refractivity contribution in [2.45, 2.75) is 13.5 Å². The van der Waals surface area contributed by atoms with Gasteiger partial charge in [-0.3, -0.25) is 0 Å². The molecule has 1 rings (SSSR count). The molecule has 20 heavy (non-hydrogen) atoms. The molecule has 0 aliphatic rings. The summed E-state index contributed by atoms with van der Waals surface area (Å²) in [6.07, 6.45) is 0. The van der Waals surface area contributed by atoms with Crippen LogP contribution >= 0.6 is 0 Å². The Balaban J connectivity index is 2.56. The van der Waals surface area contributed by atoms with Gasteiger partial charge in [0.25, 0.3) is 0 Å². The SMILES string of the molecule is COCCNCc1ccc(OCC(C)CO)c(OC)c1. The first-order chi connectivity index (χ1) is 9.71. The molecule has 0 aliphatic carbocycles. The van der Waals surface area contributed by atoms with E-state index in [1.165, 1.54) is 0 Å². The van der Waals surface area contributed by atoms with Gasteiger partial charge in [0.15, 0.2) is 11.5 Å². The maximum Gasteiger partial charge on any atom is 0.161 e. The molecule has 1 aromatic rings. The minimum Gasteiger partial charge on any atom is -0.493 e. The van der Waals surface area contributed by atoms with Gasteiger partial charge in [-0.2, -0.15) is 0 Å². The molecular formula is C15H25NO4. The maximum absolute atomic E-state index is 8.99. The highest BCUT2D eigenvalue weighted by Gasteiger charge is 2.08. The quantitative estimate of drug-likeness (QED) is 0.636. The maximum atomic E-state index is 8.99. The van der Waals surface area contributed by atoms with Crippen molar-refractivity contribution in [3.63, 3.8) is 0 Å². The van der Waals surface area contributed by atoms with E-state index in [4.69, 9.17) is 19.3 Å². The van der Waals surface area contributed by atoms with Crippen LogP contribution in [0.5, 0.6) is 11.5 Å². The van der Waals surface area contributed by atoms with Crippen LogP contribution in [0.4, 0.5) is 0 Å². The Bertz CT molecular complexity index is 384. The summed E-state index contributed by atoms with van der Waals surface area (Å²) in [6.45, 7) is 4.78. The molecule has 1 unspecified atom stereocenters. The zero-order valence-corrected chi connectivity index (χ0v) is 12.5. The summed E-state index contributed by atoms with van der Waals surface area (Å²) < 4.78 is 16.0. The molecule has 0 bridgehead atoms. The lowest BCUT2D eigenvalue weighted by Gasteiger charge is -2.14. The van der Waals surface area contributed by atoms with Crippen LogP contribution in [0.2, 0.25) is 0 Å². The van der Waals surface area contributed by atoms with E-state index < -0.39 is 0 Å². The minimum absolute atomic E-state index is 0.107. The molecule has 0 aliphatic heterocycles. The normalized spacial score (nSPS) is 12.2. The zero-order chi connectivity index (χ0) is 14.8. The number of nitrogens with one attached hydrogen (secondary N) is 1. The van der Waals surface area contributed by atoms with Crippen LogP contribution in [0.25, 0.3) is 0 Å². The monoisotopic (exact) mass is 283 g/mol. The molecule has 1 atom stereocenters. The number of hydrogen-bond acceptors (Lipinski definition) is 5. The second-order valence-corrected chi connectivity index (χ2v) is 4.75. The third-order valence-electron chi connectivity index (χ3n) is 2.88. The molecule has 1 aromatic carbocycles. The van der Waals surface area contributed by atoms with Gasteiger partial charge in [0.05, 0.1) is 20.3 Å². The summed E-state index contributed by atoms with van der Waals surface area (Å²) in [5.41, 5.74) is 1.13. The molecule has 0 fully saturated rings. The number of ether oxygens (including phenoxy) is 3. The minimum atomic E-state index is 0.107. The van der Waals surface area contributed by atoms with E-state index in [1.54, 1.807) is 14.2 Å². The Labute approximate surface area is 120 Å². The molecule has 0 aromatic heterocycles. The topological polar surface area (TPSA) is 60.0 Å². The van der Waals surface area contributed by atoms with Crippen LogP contribution in [0, 0.1) is 5.92 Å². The van der Waals surface area contributed by atoms with Gasteiger partial charge >= 0.3 is 0 Å². The van der Waals surface area contributed by atoms with Gasteiger partial charge in [-0.1, -0.05) is 13.0 Å². The standard InChI is InChI=1S/C15H25NO4/c1-12(10-17)11-20-14-5-4-13(8-15(14)19-3)9-16-6-7-18-2/h4-5,8,12,16-17H,6-7,9-11H2,1-3H3. The largest absolute Gasteiger partial charge is 0.493 e. The molecule has 0 radical (unpaired) electrons. The lowest BCUT2D eigenvalue weighted by Crippen LogP contribution is -2.18. The van der Waals surface area contributed by atoms with E-state index in [0.29, 0.717) is 24.7 Å². The highest BCUT2D eigenvalue weighted by Crippen LogP contribution is 2.28. The van der Waals surface area contributed by atoms with Crippen molar-refractivity contribution in [2.24, 2.45) is 5.92 Å². The van der Waals surface area contributed by atoms with E-state index in [9.17, 15) is 0 Å². The van der Waals surface area contributed by atoms with Gasteiger partial charge in [-0.15, -0.1) is 0 Å². The molecular weight excluding hydrogens is 258 g/mol.